The minimum absolute atomic E-state index is 0.724. The van der Waals surface area contributed by atoms with Crippen LogP contribution in [0.25, 0.3) is 23.0 Å². The van der Waals surface area contributed by atoms with Crippen molar-refractivity contribution in [2.75, 3.05) is 0 Å². The third-order valence-corrected chi connectivity index (χ3v) is 3.49. The minimum atomic E-state index is -1.23. The van der Waals surface area contributed by atoms with Crippen molar-refractivity contribution in [3.8, 4) is 16.9 Å². The van der Waals surface area contributed by atoms with Gasteiger partial charge in [0.1, 0.15) is 0 Å². The second-order valence-corrected chi connectivity index (χ2v) is 5.23. The minimum Gasteiger partial charge on any atom is -0.545 e. The summed E-state index contributed by atoms with van der Waals surface area (Å²) in [6.45, 7) is 2.02. The van der Waals surface area contributed by atoms with Gasteiger partial charge in [0.25, 0.3) is 0 Å². The van der Waals surface area contributed by atoms with Gasteiger partial charge in [0.05, 0.1) is 17.4 Å². The molecule has 0 spiro atoms. The average Bonchev–Trinajstić information content (AvgIpc) is 2.99. The van der Waals surface area contributed by atoms with Crippen LogP contribution in [-0.2, 0) is 4.79 Å². The van der Waals surface area contributed by atoms with Crippen molar-refractivity contribution in [1.29, 1.82) is 0 Å². The number of aliphatic carboxylic acids is 1. The Labute approximate surface area is 134 Å². The zero-order chi connectivity index (χ0) is 16.2. The molecule has 3 rings (SSSR count). The Morgan fingerprint density at radius 3 is 2.43 bits per heavy atom. The number of hydrogen-bond acceptors (Lipinski definition) is 3. The van der Waals surface area contributed by atoms with Crippen LogP contribution in [0.5, 0.6) is 0 Å². The lowest BCUT2D eigenvalue weighted by Crippen LogP contribution is -2.18. The lowest BCUT2D eigenvalue weighted by atomic mass is 10.1. The van der Waals surface area contributed by atoms with Crippen LogP contribution >= 0.6 is 0 Å². The maximum atomic E-state index is 10.7. The van der Waals surface area contributed by atoms with E-state index in [0.717, 1.165) is 34.1 Å². The number of nitrogens with zero attached hydrogens (tertiary/aromatic N) is 2. The summed E-state index contributed by atoms with van der Waals surface area (Å²) in [6.07, 6.45) is 4.34. The Kier molecular flexibility index (Phi) is 4.06. The van der Waals surface area contributed by atoms with Crippen LogP contribution in [0.15, 0.2) is 66.9 Å². The highest BCUT2D eigenvalue weighted by Crippen LogP contribution is 2.25. The summed E-state index contributed by atoms with van der Waals surface area (Å²) in [5.41, 5.74) is 4.45. The third-order valence-electron chi connectivity index (χ3n) is 3.49. The van der Waals surface area contributed by atoms with Gasteiger partial charge in [-0.15, -0.1) is 0 Å². The fourth-order valence-corrected chi connectivity index (χ4v) is 2.32. The standard InChI is InChI=1S/C19H16N2O2/c1-14-7-9-15(10-8-14)19-16(11-12-18(22)23)13-21(20-19)17-5-3-2-4-6-17/h2-13H,1H3,(H,22,23)/p-1/b12-11+. The Hall–Kier alpha value is -3.14. The van der Waals surface area contributed by atoms with Crippen molar-refractivity contribution >= 4 is 12.0 Å². The van der Waals surface area contributed by atoms with Gasteiger partial charge >= 0.3 is 0 Å². The quantitative estimate of drug-likeness (QED) is 0.696. The van der Waals surface area contributed by atoms with E-state index in [1.165, 1.54) is 6.08 Å². The molecule has 4 heteroatoms. The Morgan fingerprint density at radius 2 is 1.78 bits per heavy atom. The molecule has 1 heterocycles. The molecule has 0 saturated heterocycles. The van der Waals surface area contributed by atoms with E-state index >= 15 is 0 Å². The van der Waals surface area contributed by atoms with E-state index in [2.05, 4.69) is 5.10 Å². The van der Waals surface area contributed by atoms with Gasteiger partial charge in [-0.05, 0) is 31.2 Å². The topological polar surface area (TPSA) is 58.0 Å². The highest BCUT2D eigenvalue weighted by Gasteiger charge is 2.10. The van der Waals surface area contributed by atoms with Crippen molar-refractivity contribution in [3.05, 3.63) is 78.0 Å². The molecule has 0 atom stereocenters. The first-order chi connectivity index (χ1) is 11.1. The van der Waals surface area contributed by atoms with Crippen LogP contribution in [0, 0.1) is 6.92 Å². The number of carboxylic acid groups (broad SMARTS) is 1. The van der Waals surface area contributed by atoms with Gasteiger partial charge in [-0.1, -0.05) is 48.0 Å². The zero-order valence-corrected chi connectivity index (χ0v) is 12.6. The Morgan fingerprint density at radius 1 is 1.09 bits per heavy atom. The van der Waals surface area contributed by atoms with E-state index in [4.69, 9.17) is 0 Å². The summed E-state index contributed by atoms with van der Waals surface area (Å²) in [7, 11) is 0. The number of hydrogen-bond donors (Lipinski definition) is 0. The van der Waals surface area contributed by atoms with E-state index in [-0.39, 0.29) is 0 Å². The summed E-state index contributed by atoms with van der Waals surface area (Å²) < 4.78 is 1.74. The normalized spacial score (nSPS) is 11.0. The molecule has 23 heavy (non-hydrogen) atoms. The Balaban J connectivity index is 2.10. The number of carbonyl (C=O) groups is 1. The molecule has 0 saturated carbocycles. The molecule has 0 aliphatic rings. The summed E-state index contributed by atoms with van der Waals surface area (Å²) in [6, 6.07) is 17.6. The SMILES string of the molecule is Cc1ccc(-c2nn(-c3ccccc3)cc2/C=C/C(=O)[O-])cc1. The fraction of sp³-hybridized carbons (Fsp3) is 0.0526. The maximum absolute atomic E-state index is 10.7. The second-order valence-electron chi connectivity index (χ2n) is 5.23. The number of para-hydroxylation sites is 1. The number of rotatable bonds is 4. The predicted octanol–water partition coefficient (Wildman–Crippen LogP) is 2.61. The molecule has 0 radical (unpaired) electrons. The molecule has 0 bridgehead atoms. The van der Waals surface area contributed by atoms with Crippen LogP contribution in [-0.4, -0.2) is 15.7 Å². The van der Waals surface area contributed by atoms with E-state index < -0.39 is 5.97 Å². The molecule has 0 aliphatic carbocycles. The van der Waals surface area contributed by atoms with Crippen molar-refractivity contribution < 1.29 is 9.90 Å². The van der Waals surface area contributed by atoms with E-state index in [1.54, 1.807) is 4.68 Å². The predicted molar refractivity (Wildman–Crippen MR) is 87.8 cm³/mol. The first kappa shape index (κ1) is 14.8. The molecule has 4 nitrogen and oxygen atoms in total. The van der Waals surface area contributed by atoms with E-state index in [1.807, 2.05) is 67.7 Å². The molecule has 114 valence electrons. The summed E-state index contributed by atoms with van der Waals surface area (Å²) in [5.74, 6) is -1.23. The summed E-state index contributed by atoms with van der Waals surface area (Å²) >= 11 is 0. The zero-order valence-electron chi connectivity index (χ0n) is 12.6. The van der Waals surface area contributed by atoms with Crippen molar-refractivity contribution in [2.24, 2.45) is 0 Å². The number of carbonyl (C=O) groups excluding carboxylic acids is 1. The van der Waals surface area contributed by atoms with Crippen LogP contribution in [0.2, 0.25) is 0 Å². The van der Waals surface area contributed by atoms with E-state index in [9.17, 15) is 9.90 Å². The molecule has 0 amide bonds. The highest BCUT2D eigenvalue weighted by molar-refractivity contribution is 5.85. The third kappa shape index (κ3) is 3.37. The van der Waals surface area contributed by atoms with Gasteiger partial charge < -0.3 is 9.90 Å². The first-order valence-corrected chi connectivity index (χ1v) is 7.25. The molecular weight excluding hydrogens is 288 g/mol. The van der Waals surface area contributed by atoms with Gasteiger partial charge in [-0.3, -0.25) is 0 Å². The molecule has 0 unspecified atom stereocenters. The van der Waals surface area contributed by atoms with Crippen LogP contribution in [0.1, 0.15) is 11.1 Å². The van der Waals surface area contributed by atoms with Crippen molar-refractivity contribution in [3.63, 3.8) is 0 Å². The van der Waals surface area contributed by atoms with Crippen molar-refractivity contribution in [1.82, 2.24) is 9.78 Å². The molecular formula is C19H15N2O2-. The average molecular weight is 303 g/mol. The number of carboxylic acids is 1. The monoisotopic (exact) mass is 303 g/mol. The lowest BCUT2D eigenvalue weighted by molar-refractivity contribution is -0.297. The number of benzene rings is 2. The molecule has 0 N–H and O–H groups in total. The van der Waals surface area contributed by atoms with Crippen LogP contribution < -0.4 is 5.11 Å². The lowest BCUT2D eigenvalue weighted by Gasteiger charge is -2.01. The Bertz CT molecular complexity index is 847. The number of aryl methyl sites for hydroxylation is 1. The van der Waals surface area contributed by atoms with Crippen molar-refractivity contribution in [2.45, 2.75) is 6.92 Å². The van der Waals surface area contributed by atoms with Gasteiger partial charge in [-0.2, -0.15) is 5.10 Å². The fourth-order valence-electron chi connectivity index (χ4n) is 2.32. The van der Waals surface area contributed by atoms with Gasteiger partial charge in [0.2, 0.25) is 0 Å². The second kappa shape index (κ2) is 6.32. The largest absolute Gasteiger partial charge is 0.545 e. The molecule has 0 fully saturated rings. The maximum Gasteiger partial charge on any atom is 0.0999 e. The van der Waals surface area contributed by atoms with Gasteiger partial charge in [0, 0.05) is 17.3 Å². The summed E-state index contributed by atoms with van der Waals surface area (Å²) in [4.78, 5) is 10.7. The summed E-state index contributed by atoms with van der Waals surface area (Å²) in [5, 5.41) is 15.3. The highest BCUT2D eigenvalue weighted by atomic mass is 16.4. The smallest absolute Gasteiger partial charge is 0.0999 e. The molecule has 1 aromatic heterocycles. The van der Waals surface area contributed by atoms with Crippen LogP contribution in [0.4, 0.5) is 0 Å². The van der Waals surface area contributed by atoms with Gasteiger partial charge in [0.15, 0.2) is 0 Å². The van der Waals surface area contributed by atoms with Crippen LogP contribution in [0.3, 0.4) is 0 Å². The number of aromatic nitrogens is 2. The van der Waals surface area contributed by atoms with Gasteiger partial charge in [-0.25, -0.2) is 4.68 Å². The van der Waals surface area contributed by atoms with E-state index in [0.29, 0.717) is 0 Å². The first-order valence-electron chi connectivity index (χ1n) is 7.25. The molecule has 2 aromatic carbocycles. The molecule has 3 aromatic rings. The molecule has 0 aliphatic heterocycles.